The van der Waals surface area contributed by atoms with Crippen molar-refractivity contribution in [2.75, 3.05) is 0 Å². The molecule has 1 nitrogen and oxygen atoms in total. The van der Waals surface area contributed by atoms with Crippen LogP contribution in [0.1, 0.15) is 46.7 Å². The van der Waals surface area contributed by atoms with Crippen LogP contribution in [0.4, 0.5) is 0 Å². The van der Waals surface area contributed by atoms with E-state index in [-0.39, 0.29) is 20.9 Å². The van der Waals surface area contributed by atoms with Crippen LogP contribution < -0.4 is 0 Å². The highest BCUT2D eigenvalue weighted by Crippen LogP contribution is 2.12. The number of thiazole rings is 1. The summed E-state index contributed by atoms with van der Waals surface area (Å²) < 4.78 is 0. The predicted molar refractivity (Wildman–Crippen MR) is 64.7 cm³/mol. The topological polar surface area (TPSA) is 12.9 Å². The lowest BCUT2D eigenvalue weighted by molar-refractivity contribution is 0.833. The Morgan fingerprint density at radius 2 is 1.83 bits per heavy atom. The minimum absolute atomic E-state index is 0. The van der Waals surface area contributed by atoms with Crippen LogP contribution in [-0.4, -0.2) is 4.98 Å². The van der Waals surface area contributed by atoms with Gasteiger partial charge in [0.25, 0.3) is 0 Å². The van der Waals surface area contributed by atoms with Crippen LogP contribution >= 0.6 is 24.8 Å². The maximum absolute atomic E-state index is 4.13. The third-order valence-corrected chi connectivity index (χ3v) is 1.65. The van der Waals surface area contributed by atoms with E-state index in [1.807, 2.05) is 19.4 Å². The van der Waals surface area contributed by atoms with E-state index in [9.17, 15) is 0 Å². The molecule has 0 bridgehead atoms. The molecule has 0 spiro atoms. The van der Waals surface area contributed by atoms with Crippen LogP contribution in [-0.2, 0) is 0 Å². The molecule has 1 heterocycles. The van der Waals surface area contributed by atoms with Crippen molar-refractivity contribution in [1.82, 2.24) is 4.98 Å². The maximum atomic E-state index is 4.13. The molecular weight excluding hydrogens is 186 g/mol. The molecule has 0 fully saturated rings. The Morgan fingerprint density at radius 3 is 2.00 bits per heavy atom. The van der Waals surface area contributed by atoms with Gasteiger partial charge in [0.05, 0.1) is 11.2 Å². The zero-order chi connectivity index (χ0) is 7.98. The number of aromatic nitrogens is 1. The van der Waals surface area contributed by atoms with Crippen molar-refractivity contribution in [3.05, 3.63) is 16.6 Å². The van der Waals surface area contributed by atoms with Crippen molar-refractivity contribution in [3.63, 3.8) is 0 Å². The molecule has 3 heteroatoms. The quantitative estimate of drug-likeness (QED) is 0.677. The molecule has 1 aromatic heterocycles. The summed E-state index contributed by atoms with van der Waals surface area (Å²) >= 11 is 1.66. The Kier molecular flexibility index (Phi) is 16.4. The molecule has 1 rings (SSSR count). The van der Waals surface area contributed by atoms with Crippen molar-refractivity contribution in [2.45, 2.75) is 41.0 Å². The molecule has 74 valence electrons. The van der Waals surface area contributed by atoms with E-state index in [2.05, 4.69) is 24.2 Å². The second-order valence-corrected chi connectivity index (χ2v) is 2.79. The van der Waals surface area contributed by atoms with Crippen molar-refractivity contribution < 1.29 is 0 Å². The third kappa shape index (κ3) is 6.68. The summed E-state index contributed by atoms with van der Waals surface area (Å²) in [5.74, 6) is 0.584. The zero-order valence-electron chi connectivity index (χ0n) is 7.59. The highest BCUT2D eigenvalue weighted by molar-refractivity contribution is 7.59. The van der Waals surface area contributed by atoms with E-state index in [1.165, 1.54) is 5.69 Å². The number of hydrogen-bond donors (Lipinski definition) is 0. The van der Waals surface area contributed by atoms with Crippen LogP contribution in [0.2, 0.25) is 0 Å². The first-order valence-electron chi connectivity index (χ1n) is 3.69. The van der Waals surface area contributed by atoms with Gasteiger partial charge in [0.2, 0.25) is 0 Å². The van der Waals surface area contributed by atoms with Crippen LogP contribution in [0.3, 0.4) is 0 Å². The molecule has 0 radical (unpaired) electrons. The van der Waals surface area contributed by atoms with E-state index in [1.54, 1.807) is 11.3 Å². The SMILES string of the molecule is C.CC.CC(C)c1cscn1.S. The summed E-state index contributed by atoms with van der Waals surface area (Å²) in [7, 11) is 0. The lowest BCUT2D eigenvalue weighted by Crippen LogP contribution is -1.83. The summed E-state index contributed by atoms with van der Waals surface area (Å²) in [6.07, 6.45) is 0. The Hall–Kier alpha value is -0.0200. The lowest BCUT2D eigenvalue weighted by Gasteiger charge is -1.94. The smallest absolute Gasteiger partial charge is 0.0794 e. The normalized spacial score (nSPS) is 7.42. The molecule has 12 heavy (non-hydrogen) atoms. The zero-order valence-corrected chi connectivity index (χ0v) is 9.40. The van der Waals surface area contributed by atoms with E-state index in [0.717, 1.165) is 0 Å². The number of hydrogen-bond acceptors (Lipinski definition) is 2. The standard InChI is InChI=1S/C6H9NS.C2H6.CH4.H2S/c1-5(2)6-3-8-4-7-6;1-2;;/h3-5H,1-2H3;1-2H3;1H4;1H2. The molecule has 0 amide bonds. The van der Waals surface area contributed by atoms with Crippen LogP contribution in [0.5, 0.6) is 0 Å². The van der Waals surface area contributed by atoms with Gasteiger partial charge in [-0.3, -0.25) is 0 Å². The maximum Gasteiger partial charge on any atom is 0.0794 e. The van der Waals surface area contributed by atoms with Gasteiger partial charge >= 0.3 is 0 Å². The molecule has 0 atom stereocenters. The Balaban J connectivity index is -0.000000189. The highest BCUT2D eigenvalue weighted by Gasteiger charge is 1.97. The van der Waals surface area contributed by atoms with E-state index in [4.69, 9.17) is 0 Å². The summed E-state index contributed by atoms with van der Waals surface area (Å²) in [6.45, 7) is 8.30. The molecule has 0 aliphatic rings. The van der Waals surface area contributed by atoms with Gasteiger partial charge < -0.3 is 0 Å². The van der Waals surface area contributed by atoms with Crippen molar-refractivity contribution in [3.8, 4) is 0 Å². The molecule has 0 aromatic carbocycles. The Bertz CT molecular complexity index is 148. The van der Waals surface area contributed by atoms with E-state index < -0.39 is 0 Å². The van der Waals surface area contributed by atoms with Gasteiger partial charge in [0.15, 0.2) is 0 Å². The molecule has 0 saturated carbocycles. The first kappa shape index (κ1) is 17.9. The molecule has 1 aromatic rings. The van der Waals surface area contributed by atoms with Crippen molar-refractivity contribution in [2.24, 2.45) is 0 Å². The second kappa shape index (κ2) is 11.0. The van der Waals surface area contributed by atoms with Gasteiger partial charge in [-0.05, 0) is 5.92 Å². The largest absolute Gasteiger partial charge is 0.249 e. The monoisotopic (exact) mass is 207 g/mol. The fraction of sp³-hybridized carbons (Fsp3) is 0.667. The van der Waals surface area contributed by atoms with Crippen LogP contribution in [0, 0.1) is 0 Å². The molecule has 0 aliphatic heterocycles. The van der Waals surface area contributed by atoms with Gasteiger partial charge in [0.1, 0.15) is 0 Å². The molecule has 0 aliphatic carbocycles. The highest BCUT2D eigenvalue weighted by atomic mass is 32.1. The average Bonchev–Trinajstić information content (AvgIpc) is 2.42. The van der Waals surface area contributed by atoms with Gasteiger partial charge in [-0.15, -0.1) is 11.3 Å². The first-order valence-corrected chi connectivity index (χ1v) is 4.63. The fourth-order valence-corrected chi connectivity index (χ4v) is 1.22. The van der Waals surface area contributed by atoms with Crippen LogP contribution in [0.15, 0.2) is 10.9 Å². The minimum atomic E-state index is 0. The molecule has 0 saturated heterocycles. The number of nitrogens with zero attached hydrogens (tertiary/aromatic N) is 1. The van der Waals surface area contributed by atoms with Gasteiger partial charge in [-0.25, -0.2) is 4.98 Å². The Morgan fingerprint density at radius 1 is 1.33 bits per heavy atom. The summed E-state index contributed by atoms with van der Waals surface area (Å²) in [5, 5.41) is 2.09. The summed E-state index contributed by atoms with van der Waals surface area (Å²) in [4.78, 5) is 4.13. The fourth-order valence-electron chi connectivity index (χ4n) is 0.507. The van der Waals surface area contributed by atoms with Gasteiger partial charge in [0, 0.05) is 5.38 Å². The molecule has 0 unspecified atom stereocenters. The summed E-state index contributed by atoms with van der Waals surface area (Å²) in [6, 6.07) is 0. The van der Waals surface area contributed by atoms with E-state index in [0.29, 0.717) is 5.92 Å². The van der Waals surface area contributed by atoms with Crippen molar-refractivity contribution in [1.29, 1.82) is 0 Å². The molecule has 0 N–H and O–H groups in total. The Labute approximate surface area is 87.7 Å². The number of rotatable bonds is 1. The predicted octanol–water partition coefficient (Wildman–Crippen LogP) is 4.04. The minimum Gasteiger partial charge on any atom is -0.249 e. The van der Waals surface area contributed by atoms with E-state index >= 15 is 0 Å². The second-order valence-electron chi connectivity index (χ2n) is 2.07. The van der Waals surface area contributed by atoms with Crippen LogP contribution in [0.25, 0.3) is 0 Å². The van der Waals surface area contributed by atoms with Gasteiger partial charge in [-0.2, -0.15) is 13.5 Å². The third-order valence-electron chi connectivity index (χ3n) is 1.04. The van der Waals surface area contributed by atoms with Crippen molar-refractivity contribution >= 4 is 24.8 Å². The first-order chi connectivity index (χ1) is 4.80. The van der Waals surface area contributed by atoms with Gasteiger partial charge in [-0.1, -0.05) is 35.1 Å². The molecular formula is C9H21NS2. The average molecular weight is 207 g/mol. The summed E-state index contributed by atoms with van der Waals surface area (Å²) in [5.41, 5.74) is 3.07. The lowest BCUT2D eigenvalue weighted by atomic mass is 10.2.